The standard InChI is InChI=1S/C28H54N6O12/c1-2-11-5-16(37)21(32)27(41-11)44-18-8-20(43-19(18)10-35)45-25-23(39)14(34-26(40)15(36)3-4-29)7-13(31)24(25)46-28-22(33)17(38)6-12(9-30)42-28/h11-25,27-28,35-39H,2-10,29-33H2,1H3,(H,34,40). The Morgan fingerprint density at radius 1 is 0.891 bits per heavy atom. The molecule has 46 heavy (non-hydrogen) atoms. The Labute approximate surface area is 268 Å². The number of ether oxygens (including phenoxy) is 6. The minimum Gasteiger partial charge on any atom is -0.394 e. The van der Waals surface area contributed by atoms with Crippen molar-refractivity contribution in [3.05, 3.63) is 0 Å². The molecule has 1 amide bonds. The molecule has 3 saturated heterocycles. The van der Waals surface area contributed by atoms with Gasteiger partial charge in [0.1, 0.15) is 30.5 Å². The number of carbonyl (C=O) groups is 1. The van der Waals surface area contributed by atoms with Gasteiger partial charge < -0.3 is 87.9 Å². The van der Waals surface area contributed by atoms with Crippen LogP contribution in [-0.4, -0.2) is 155 Å². The first-order valence-corrected chi connectivity index (χ1v) is 16.1. The second kappa shape index (κ2) is 17.0. The molecule has 4 fully saturated rings. The summed E-state index contributed by atoms with van der Waals surface area (Å²) in [6, 6.07) is -3.62. The minimum absolute atomic E-state index is 0.0121. The second-order valence-corrected chi connectivity index (χ2v) is 12.7. The van der Waals surface area contributed by atoms with E-state index in [2.05, 4.69) is 5.32 Å². The van der Waals surface area contributed by atoms with Crippen LogP contribution in [0.25, 0.3) is 0 Å². The van der Waals surface area contributed by atoms with Gasteiger partial charge in [0, 0.05) is 31.8 Å². The van der Waals surface area contributed by atoms with Gasteiger partial charge in [0.15, 0.2) is 18.9 Å². The van der Waals surface area contributed by atoms with E-state index in [1.54, 1.807) is 0 Å². The summed E-state index contributed by atoms with van der Waals surface area (Å²) in [7, 11) is 0. The van der Waals surface area contributed by atoms with Crippen LogP contribution in [0.1, 0.15) is 45.4 Å². The number of hydrogen-bond donors (Lipinski definition) is 11. The number of aliphatic hydroxyl groups is 5. The monoisotopic (exact) mass is 666 g/mol. The minimum atomic E-state index is -1.43. The first-order chi connectivity index (χ1) is 21.9. The first-order valence-electron chi connectivity index (χ1n) is 16.1. The lowest BCUT2D eigenvalue weighted by Gasteiger charge is -2.47. The van der Waals surface area contributed by atoms with Gasteiger partial charge in [0.2, 0.25) is 5.91 Å². The van der Waals surface area contributed by atoms with Gasteiger partial charge in [0.05, 0.1) is 55.3 Å². The van der Waals surface area contributed by atoms with Crippen LogP contribution in [0, 0.1) is 0 Å². The molecule has 18 nitrogen and oxygen atoms in total. The van der Waals surface area contributed by atoms with Crippen molar-refractivity contribution < 1.29 is 58.7 Å². The molecule has 1 aliphatic carbocycles. The third-order valence-electron chi connectivity index (χ3n) is 9.24. The Morgan fingerprint density at radius 2 is 1.52 bits per heavy atom. The second-order valence-electron chi connectivity index (χ2n) is 12.7. The fraction of sp³-hybridized carbons (Fsp3) is 0.964. The van der Waals surface area contributed by atoms with Gasteiger partial charge in [-0.05, 0) is 25.8 Å². The molecule has 268 valence electrons. The summed E-state index contributed by atoms with van der Waals surface area (Å²) >= 11 is 0. The topological polar surface area (TPSA) is 316 Å². The zero-order chi connectivity index (χ0) is 33.7. The molecule has 0 spiro atoms. The van der Waals surface area contributed by atoms with Crippen LogP contribution in [0.3, 0.4) is 0 Å². The van der Waals surface area contributed by atoms with Crippen molar-refractivity contribution in [2.24, 2.45) is 28.7 Å². The molecule has 0 bridgehead atoms. The van der Waals surface area contributed by atoms with Gasteiger partial charge in [-0.15, -0.1) is 0 Å². The molecule has 4 rings (SSSR count). The van der Waals surface area contributed by atoms with Gasteiger partial charge in [-0.25, -0.2) is 0 Å². The van der Waals surface area contributed by atoms with Crippen molar-refractivity contribution in [3.63, 3.8) is 0 Å². The highest BCUT2D eigenvalue weighted by atomic mass is 16.7. The van der Waals surface area contributed by atoms with Crippen LogP contribution >= 0.6 is 0 Å². The van der Waals surface area contributed by atoms with E-state index in [1.165, 1.54) is 0 Å². The van der Waals surface area contributed by atoms with E-state index in [0.29, 0.717) is 12.8 Å². The third kappa shape index (κ3) is 8.89. The lowest BCUT2D eigenvalue weighted by molar-refractivity contribution is -0.289. The van der Waals surface area contributed by atoms with Crippen LogP contribution < -0.4 is 34.0 Å². The SMILES string of the molecule is CCC1CC(O)C(N)C(OC2CC(OC3C(O)C(NC(=O)C(O)CCN)CC(N)C3OC3OC(CN)CC(O)C3N)OC2CO)O1. The van der Waals surface area contributed by atoms with Gasteiger partial charge in [0.25, 0.3) is 0 Å². The lowest BCUT2D eigenvalue weighted by atomic mass is 9.83. The number of nitrogens with two attached hydrogens (primary N) is 5. The normalized spacial score (nSPS) is 45.8. The summed E-state index contributed by atoms with van der Waals surface area (Å²) in [6.45, 7) is 1.65. The van der Waals surface area contributed by atoms with E-state index < -0.39 is 110 Å². The van der Waals surface area contributed by atoms with Crippen LogP contribution in [0.4, 0.5) is 0 Å². The molecule has 3 heterocycles. The average Bonchev–Trinajstić information content (AvgIpc) is 3.42. The van der Waals surface area contributed by atoms with E-state index in [4.69, 9.17) is 57.1 Å². The fourth-order valence-electron chi connectivity index (χ4n) is 6.40. The van der Waals surface area contributed by atoms with E-state index in [1.807, 2.05) is 6.92 Å². The lowest BCUT2D eigenvalue weighted by Crippen LogP contribution is -2.67. The molecule has 17 atom stereocenters. The maximum Gasteiger partial charge on any atom is 0.249 e. The van der Waals surface area contributed by atoms with Crippen molar-refractivity contribution in [2.75, 3.05) is 19.7 Å². The molecule has 0 aromatic heterocycles. The Kier molecular flexibility index (Phi) is 13.9. The van der Waals surface area contributed by atoms with Crippen molar-refractivity contribution in [1.82, 2.24) is 5.32 Å². The van der Waals surface area contributed by atoms with Crippen molar-refractivity contribution in [2.45, 2.75) is 150 Å². The van der Waals surface area contributed by atoms with Crippen molar-refractivity contribution in [1.29, 1.82) is 0 Å². The summed E-state index contributed by atoms with van der Waals surface area (Å²) in [4.78, 5) is 12.6. The van der Waals surface area contributed by atoms with E-state index in [-0.39, 0.29) is 44.9 Å². The molecule has 0 aromatic rings. The summed E-state index contributed by atoms with van der Waals surface area (Å²) in [5, 5.41) is 55.3. The Morgan fingerprint density at radius 3 is 2.13 bits per heavy atom. The largest absolute Gasteiger partial charge is 0.394 e. The summed E-state index contributed by atoms with van der Waals surface area (Å²) < 4.78 is 36.3. The zero-order valence-electron chi connectivity index (χ0n) is 26.2. The molecule has 0 radical (unpaired) electrons. The predicted molar refractivity (Wildman–Crippen MR) is 159 cm³/mol. The fourth-order valence-corrected chi connectivity index (χ4v) is 6.40. The zero-order valence-corrected chi connectivity index (χ0v) is 26.2. The highest BCUT2D eigenvalue weighted by Gasteiger charge is 2.51. The number of aliphatic hydroxyl groups excluding tert-OH is 5. The molecule has 17 unspecified atom stereocenters. The Hall–Kier alpha value is -1.17. The molecule has 0 aromatic carbocycles. The molecule has 16 N–H and O–H groups in total. The van der Waals surface area contributed by atoms with Crippen molar-refractivity contribution >= 4 is 5.91 Å². The predicted octanol–water partition coefficient (Wildman–Crippen LogP) is -5.49. The average molecular weight is 667 g/mol. The van der Waals surface area contributed by atoms with E-state index >= 15 is 0 Å². The number of amides is 1. The quantitative estimate of drug-likeness (QED) is 0.0873. The molecular weight excluding hydrogens is 612 g/mol. The maximum atomic E-state index is 12.6. The molecule has 18 heteroatoms. The van der Waals surface area contributed by atoms with E-state index in [0.717, 1.165) is 0 Å². The molecular formula is C28H54N6O12. The number of carbonyl (C=O) groups excluding carboxylic acids is 1. The summed E-state index contributed by atoms with van der Waals surface area (Å²) in [6.07, 6.45) is -11.3. The van der Waals surface area contributed by atoms with Gasteiger partial charge in [-0.1, -0.05) is 6.92 Å². The number of nitrogens with one attached hydrogen (secondary N) is 1. The number of rotatable bonds is 13. The van der Waals surface area contributed by atoms with E-state index in [9.17, 15) is 30.3 Å². The van der Waals surface area contributed by atoms with Gasteiger partial charge in [-0.2, -0.15) is 0 Å². The highest BCUT2D eigenvalue weighted by molar-refractivity contribution is 5.80. The first kappa shape index (κ1) is 37.6. The third-order valence-corrected chi connectivity index (χ3v) is 9.24. The highest BCUT2D eigenvalue weighted by Crippen LogP contribution is 2.34. The Balaban J connectivity index is 1.52. The summed E-state index contributed by atoms with van der Waals surface area (Å²) in [5.41, 5.74) is 30.1. The van der Waals surface area contributed by atoms with Gasteiger partial charge in [-0.3, -0.25) is 4.79 Å². The van der Waals surface area contributed by atoms with Crippen LogP contribution in [0.5, 0.6) is 0 Å². The molecule has 4 aliphatic rings. The van der Waals surface area contributed by atoms with Gasteiger partial charge >= 0.3 is 0 Å². The smallest absolute Gasteiger partial charge is 0.249 e. The number of hydrogen-bond acceptors (Lipinski definition) is 17. The Bertz CT molecular complexity index is 961. The van der Waals surface area contributed by atoms with Crippen molar-refractivity contribution in [3.8, 4) is 0 Å². The summed E-state index contributed by atoms with van der Waals surface area (Å²) in [5.74, 6) is -0.742. The van der Waals surface area contributed by atoms with Crippen LogP contribution in [0.2, 0.25) is 0 Å². The van der Waals surface area contributed by atoms with Crippen LogP contribution in [0.15, 0.2) is 0 Å². The molecule has 3 aliphatic heterocycles. The maximum absolute atomic E-state index is 12.6. The van der Waals surface area contributed by atoms with Crippen LogP contribution in [-0.2, 0) is 33.2 Å². The molecule has 1 saturated carbocycles.